The van der Waals surface area contributed by atoms with Crippen molar-refractivity contribution in [3.8, 4) is 0 Å². The molecule has 0 aromatic rings. The van der Waals surface area contributed by atoms with Gasteiger partial charge in [0.1, 0.15) is 5.60 Å². The average molecular weight is 272 g/mol. The SMILES string of the molecule is CC(C)(C)OC(=O)OC12CNCC1CN(C(=O)O)C2. The molecule has 2 atom stereocenters. The van der Waals surface area contributed by atoms with Crippen LogP contribution >= 0.6 is 0 Å². The summed E-state index contributed by atoms with van der Waals surface area (Å²) in [5, 5.41) is 12.2. The molecule has 2 saturated heterocycles. The fourth-order valence-electron chi connectivity index (χ4n) is 2.59. The first-order valence-electron chi connectivity index (χ1n) is 6.32. The van der Waals surface area contributed by atoms with E-state index in [2.05, 4.69) is 5.32 Å². The van der Waals surface area contributed by atoms with Crippen molar-refractivity contribution in [1.29, 1.82) is 0 Å². The van der Waals surface area contributed by atoms with Crippen LogP contribution in [0.2, 0.25) is 0 Å². The van der Waals surface area contributed by atoms with Crippen molar-refractivity contribution in [1.82, 2.24) is 10.2 Å². The summed E-state index contributed by atoms with van der Waals surface area (Å²) in [5.74, 6) is -0.0175. The Balaban J connectivity index is 2.04. The lowest BCUT2D eigenvalue weighted by molar-refractivity contribution is -0.0639. The lowest BCUT2D eigenvalue weighted by Crippen LogP contribution is -2.45. The highest BCUT2D eigenvalue weighted by atomic mass is 16.7. The molecule has 0 saturated carbocycles. The van der Waals surface area contributed by atoms with E-state index in [4.69, 9.17) is 14.6 Å². The molecule has 0 radical (unpaired) electrons. The van der Waals surface area contributed by atoms with Gasteiger partial charge in [0.25, 0.3) is 0 Å². The summed E-state index contributed by atoms with van der Waals surface area (Å²) in [5.41, 5.74) is -1.42. The first kappa shape index (κ1) is 13.9. The van der Waals surface area contributed by atoms with Gasteiger partial charge in [-0.3, -0.25) is 0 Å². The second-order valence-corrected chi connectivity index (χ2v) is 6.12. The zero-order valence-corrected chi connectivity index (χ0v) is 11.4. The number of fused-ring (bicyclic) bond motifs is 1. The maximum Gasteiger partial charge on any atom is 0.509 e. The molecule has 0 aliphatic carbocycles. The van der Waals surface area contributed by atoms with E-state index in [1.54, 1.807) is 20.8 Å². The maximum absolute atomic E-state index is 11.8. The van der Waals surface area contributed by atoms with Crippen LogP contribution in [0.25, 0.3) is 0 Å². The van der Waals surface area contributed by atoms with Crippen LogP contribution in [0, 0.1) is 5.92 Å². The van der Waals surface area contributed by atoms with Gasteiger partial charge in [0.15, 0.2) is 5.60 Å². The minimum atomic E-state index is -0.985. The second kappa shape index (κ2) is 4.56. The lowest BCUT2D eigenvalue weighted by atomic mass is 9.95. The summed E-state index contributed by atoms with van der Waals surface area (Å²) in [7, 11) is 0. The first-order valence-corrected chi connectivity index (χ1v) is 6.32. The molecule has 2 aliphatic heterocycles. The molecule has 2 rings (SSSR count). The third kappa shape index (κ3) is 2.91. The van der Waals surface area contributed by atoms with E-state index in [0.29, 0.717) is 19.6 Å². The highest BCUT2D eigenvalue weighted by Crippen LogP contribution is 2.35. The fourth-order valence-corrected chi connectivity index (χ4v) is 2.59. The van der Waals surface area contributed by atoms with Crippen LogP contribution in [0.15, 0.2) is 0 Å². The number of hydrogen-bond donors (Lipinski definition) is 2. The standard InChI is InChI=1S/C12H20N2O5/c1-11(2,3)18-10(17)19-12-6-13-4-8(12)5-14(7-12)9(15)16/h8,13H,4-7H2,1-3H3,(H,15,16). The van der Waals surface area contributed by atoms with Gasteiger partial charge in [0.2, 0.25) is 0 Å². The number of carboxylic acid groups (broad SMARTS) is 1. The third-order valence-electron chi connectivity index (χ3n) is 3.40. The number of nitrogens with one attached hydrogen (secondary N) is 1. The summed E-state index contributed by atoms with van der Waals surface area (Å²) in [6, 6.07) is 0. The molecule has 0 aromatic heterocycles. The molecule has 2 unspecified atom stereocenters. The number of rotatable bonds is 1. The van der Waals surface area contributed by atoms with E-state index in [-0.39, 0.29) is 12.5 Å². The lowest BCUT2D eigenvalue weighted by Gasteiger charge is -2.29. The molecule has 2 heterocycles. The summed E-state index contributed by atoms with van der Waals surface area (Å²) in [4.78, 5) is 24.1. The molecule has 2 fully saturated rings. The van der Waals surface area contributed by atoms with E-state index in [1.165, 1.54) is 4.90 Å². The van der Waals surface area contributed by atoms with Crippen LogP contribution in [0.1, 0.15) is 20.8 Å². The Morgan fingerprint density at radius 2 is 2.11 bits per heavy atom. The smallest absolute Gasteiger partial charge is 0.465 e. The molecular formula is C12H20N2O5. The minimum absolute atomic E-state index is 0.0175. The van der Waals surface area contributed by atoms with Gasteiger partial charge in [-0.25, -0.2) is 9.59 Å². The number of hydrogen-bond acceptors (Lipinski definition) is 5. The first-order chi connectivity index (χ1) is 8.72. The molecule has 7 heteroatoms. The Hall–Kier alpha value is -1.50. The Labute approximate surface area is 111 Å². The van der Waals surface area contributed by atoms with Gasteiger partial charge in [-0.15, -0.1) is 0 Å². The van der Waals surface area contributed by atoms with Crippen molar-refractivity contribution >= 4 is 12.2 Å². The van der Waals surface area contributed by atoms with Crippen molar-refractivity contribution in [2.24, 2.45) is 5.92 Å². The third-order valence-corrected chi connectivity index (χ3v) is 3.40. The molecule has 108 valence electrons. The average Bonchev–Trinajstić information content (AvgIpc) is 2.69. The van der Waals surface area contributed by atoms with Crippen molar-refractivity contribution in [3.05, 3.63) is 0 Å². The Kier molecular flexibility index (Phi) is 3.34. The van der Waals surface area contributed by atoms with Crippen LogP contribution in [-0.2, 0) is 9.47 Å². The molecule has 0 bridgehead atoms. The number of likely N-dealkylation sites (tertiary alicyclic amines) is 1. The number of carbonyl (C=O) groups excluding carboxylic acids is 1. The van der Waals surface area contributed by atoms with Gasteiger partial charge in [-0.1, -0.05) is 0 Å². The zero-order chi connectivity index (χ0) is 14.3. The molecule has 1 amide bonds. The number of ether oxygens (including phenoxy) is 2. The zero-order valence-electron chi connectivity index (χ0n) is 11.4. The monoisotopic (exact) mass is 272 g/mol. The Morgan fingerprint density at radius 1 is 1.42 bits per heavy atom. The predicted octanol–water partition coefficient (Wildman–Crippen LogP) is 0.890. The van der Waals surface area contributed by atoms with Crippen LogP contribution in [0.4, 0.5) is 9.59 Å². The molecule has 2 aliphatic rings. The number of carbonyl (C=O) groups is 2. The van der Waals surface area contributed by atoms with Gasteiger partial charge in [0.05, 0.1) is 6.54 Å². The molecule has 7 nitrogen and oxygen atoms in total. The number of amides is 1. The second-order valence-electron chi connectivity index (χ2n) is 6.12. The van der Waals surface area contributed by atoms with Gasteiger partial charge < -0.3 is 24.8 Å². The van der Waals surface area contributed by atoms with Crippen molar-refractivity contribution in [2.75, 3.05) is 26.2 Å². The van der Waals surface area contributed by atoms with E-state index >= 15 is 0 Å². The van der Waals surface area contributed by atoms with Gasteiger partial charge in [-0.2, -0.15) is 0 Å². The largest absolute Gasteiger partial charge is 0.509 e. The van der Waals surface area contributed by atoms with Gasteiger partial charge in [-0.05, 0) is 20.8 Å². The van der Waals surface area contributed by atoms with E-state index < -0.39 is 23.5 Å². The predicted molar refractivity (Wildman–Crippen MR) is 66.0 cm³/mol. The van der Waals surface area contributed by atoms with Crippen molar-refractivity contribution in [2.45, 2.75) is 32.0 Å². The maximum atomic E-state index is 11.8. The summed E-state index contributed by atoms with van der Waals surface area (Å²) in [6.45, 7) is 6.95. The van der Waals surface area contributed by atoms with E-state index in [9.17, 15) is 9.59 Å². The van der Waals surface area contributed by atoms with E-state index in [1.807, 2.05) is 0 Å². The van der Waals surface area contributed by atoms with E-state index in [0.717, 1.165) is 0 Å². The highest BCUT2D eigenvalue weighted by Gasteiger charge is 2.54. The minimum Gasteiger partial charge on any atom is -0.465 e. The van der Waals surface area contributed by atoms with Crippen LogP contribution in [0.5, 0.6) is 0 Å². The fraction of sp³-hybridized carbons (Fsp3) is 0.833. The van der Waals surface area contributed by atoms with Crippen LogP contribution < -0.4 is 5.32 Å². The quantitative estimate of drug-likeness (QED) is 0.689. The van der Waals surface area contributed by atoms with Crippen LogP contribution in [-0.4, -0.2) is 59.6 Å². The molecule has 0 spiro atoms. The molecular weight excluding hydrogens is 252 g/mol. The van der Waals surface area contributed by atoms with Crippen molar-refractivity contribution in [3.63, 3.8) is 0 Å². The van der Waals surface area contributed by atoms with Gasteiger partial charge in [0, 0.05) is 25.6 Å². The molecule has 0 aromatic carbocycles. The summed E-state index contributed by atoms with van der Waals surface area (Å²) < 4.78 is 10.6. The summed E-state index contributed by atoms with van der Waals surface area (Å²) in [6.07, 6.45) is -1.73. The highest BCUT2D eigenvalue weighted by molar-refractivity contribution is 5.66. The van der Waals surface area contributed by atoms with Crippen LogP contribution in [0.3, 0.4) is 0 Å². The Morgan fingerprint density at radius 3 is 2.68 bits per heavy atom. The summed E-state index contributed by atoms with van der Waals surface area (Å²) >= 11 is 0. The molecule has 19 heavy (non-hydrogen) atoms. The number of nitrogens with zero attached hydrogens (tertiary/aromatic N) is 1. The topological polar surface area (TPSA) is 88.1 Å². The van der Waals surface area contributed by atoms with Crippen molar-refractivity contribution < 1.29 is 24.2 Å². The van der Waals surface area contributed by atoms with Gasteiger partial charge >= 0.3 is 12.2 Å². The normalized spacial score (nSPS) is 30.1. The molecule has 2 N–H and O–H groups in total. The Bertz CT molecular complexity index is 392.